The van der Waals surface area contributed by atoms with Crippen molar-refractivity contribution in [2.45, 2.75) is 31.8 Å². The summed E-state index contributed by atoms with van der Waals surface area (Å²) in [6, 6.07) is 17.8. The number of hydrogen-bond donors (Lipinski definition) is 2. The molecule has 0 atom stereocenters. The van der Waals surface area contributed by atoms with E-state index >= 15 is 0 Å². The first-order valence-corrected chi connectivity index (χ1v) is 14.1. The van der Waals surface area contributed by atoms with Crippen LogP contribution in [0.4, 0.5) is 0 Å². The molecule has 5 aromatic rings. The number of imidazole rings is 1. The molecule has 6 rings (SSSR count). The lowest BCUT2D eigenvalue weighted by molar-refractivity contribution is -0.137. The van der Waals surface area contributed by atoms with Crippen LogP contribution in [0.1, 0.15) is 40.4 Å². The number of likely N-dealkylation sites (tertiary alicyclic amines) is 1. The fourth-order valence-electron chi connectivity index (χ4n) is 6.10. The molecule has 0 unspecified atom stereocenters. The Hall–Kier alpha value is -4.70. The Morgan fingerprint density at radius 1 is 1.05 bits per heavy atom. The van der Waals surface area contributed by atoms with Crippen molar-refractivity contribution < 1.29 is 14.7 Å². The molecule has 0 aliphatic carbocycles. The van der Waals surface area contributed by atoms with Crippen LogP contribution in [0.3, 0.4) is 0 Å². The van der Waals surface area contributed by atoms with Crippen LogP contribution < -0.4 is 5.69 Å². The molecule has 216 valence electrons. The zero-order chi connectivity index (χ0) is 29.5. The highest BCUT2D eigenvalue weighted by atomic mass is 16.4. The molecule has 1 aliphatic rings. The molecule has 0 bridgehead atoms. The molecule has 0 spiro atoms. The van der Waals surface area contributed by atoms with Gasteiger partial charge in [0.1, 0.15) is 12.2 Å². The number of hydrogen-bond acceptors (Lipinski definition) is 5. The predicted octanol–water partition coefficient (Wildman–Crippen LogP) is 4.05. The first-order valence-electron chi connectivity index (χ1n) is 14.1. The van der Waals surface area contributed by atoms with E-state index in [0.29, 0.717) is 22.5 Å². The van der Waals surface area contributed by atoms with Crippen LogP contribution in [-0.2, 0) is 24.9 Å². The number of aliphatic carboxylic acids is 1. The Morgan fingerprint density at radius 2 is 1.79 bits per heavy atom. The molecule has 2 aromatic carbocycles. The number of pyridine rings is 1. The van der Waals surface area contributed by atoms with Crippen molar-refractivity contribution >= 4 is 33.9 Å². The van der Waals surface area contributed by atoms with Crippen molar-refractivity contribution in [3.05, 3.63) is 88.1 Å². The molecule has 10 heteroatoms. The van der Waals surface area contributed by atoms with Crippen LogP contribution in [0.5, 0.6) is 0 Å². The maximum absolute atomic E-state index is 12.3. The number of piperidine rings is 1. The van der Waals surface area contributed by atoms with Gasteiger partial charge in [0, 0.05) is 50.5 Å². The summed E-state index contributed by atoms with van der Waals surface area (Å²) in [5.74, 6) is -0.569. The fraction of sp³-hybridized carbons (Fsp3) is 0.312. The lowest BCUT2D eigenvalue weighted by Gasteiger charge is -2.32. The molecule has 1 amide bonds. The number of carbonyl (C=O) groups is 2. The third-order valence-electron chi connectivity index (χ3n) is 8.42. The highest BCUT2D eigenvalue weighted by Gasteiger charge is 2.23. The standard InChI is InChI=1S/C32H34N6O4/c1-35(2)31(41)22-6-4-20(5-7-22)21-11-14-37(15-12-21)18-24-17-26-25(10-13-33-30(26)36(24)3)23-8-9-27-28(16-23)38(19-29(39)40)32(42)34-27/h4-10,13,16-17,21H,11-12,14-15,18-19H2,1-3H3,(H,34,42)(H,39,40). The lowest BCUT2D eigenvalue weighted by atomic mass is 9.89. The van der Waals surface area contributed by atoms with Gasteiger partial charge in [0.05, 0.1) is 11.0 Å². The van der Waals surface area contributed by atoms with Crippen LogP contribution in [0.15, 0.2) is 65.6 Å². The molecule has 0 saturated carbocycles. The van der Waals surface area contributed by atoms with Crippen molar-refractivity contribution in [1.82, 2.24) is 28.9 Å². The number of fused-ring (bicyclic) bond motifs is 2. The van der Waals surface area contributed by atoms with Crippen LogP contribution in [-0.4, -0.2) is 73.1 Å². The molecular weight excluding hydrogens is 532 g/mol. The number of carbonyl (C=O) groups excluding carboxylic acids is 1. The van der Waals surface area contributed by atoms with E-state index in [2.05, 4.69) is 37.6 Å². The number of carboxylic acids is 1. The first-order chi connectivity index (χ1) is 20.2. The minimum atomic E-state index is -1.07. The van der Waals surface area contributed by atoms with E-state index in [9.17, 15) is 19.5 Å². The predicted molar refractivity (Wildman–Crippen MR) is 162 cm³/mol. The molecule has 1 aliphatic heterocycles. The lowest BCUT2D eigenvalue weighted by Crippen LogP contribution is -2.33. The number of aromatic amines is 1. The van der Waals surface area contributed by atoms with Gasteiger partial charge in [0.15, 0.2) is 0 Å². The minimum Gasteiger partial charge on any atom is -0.480 e. The van der Waals surface area contributed by atoms with Gasteiger partial charge in [-0.1, -0.05) is 18.2 Å². The second-order valence-electron chi connectivity index (χ2n) is 11.3. The highest BCUT2D eigenvalue weighted by Crippen LogP contribution is 2.33. The molecule has 10 nitrogen and oxygen atoms in total. The normalized spacial score (nSPS) is 14.5. The Labute approximate surface area is 242 Å². The monoisotopic (exact) mass is 566 g/mol. The van der Waals surface area contributed by atoms with E-state index in [-0.39, 0.29) is 5.91 Å². The van der Waals surface area contributed by atoms with Gasteiger partial charge in [-0.05, 0) is 84.9 Å². The van der Waals surface area contributed by atoms with Gasteiger partial charge in [-0.15, -0.1) is 0 Å². The van der Waals surface area contributed by atoms with Crippen LogP contribution in [0.25, 0.3) is 33.2 Å². The van der Waals surface area contributed by atoms with Gasteiger partial charge >= 0.3 is 11.7 Å². The smallest absolute Gasteiger partial charge is 0.327 e. The summed E-state index contributed by atoms with van der Waals surface area (Å²) < 4.78 is 3.39. The van der Waals surface area contributed by atoms with Gasteiger partial charge < -0.3 is 19.6 Å². The van der Waals surface area contributed by atoms with Crippen LogP contribution in [0, 0.1) is 0 Å². The zero-order valence-corrected chi connectivity index (χ0v) is 24.0. The third-order valence-corrected chi connectivity index (χ3v) is 8.42. The average molecular weight is 567 g/mol. The number of aromatic nitrogens is 4. The summed E-state index contributed by atoms with van der Waals surface area (Å²) in [7, 11) is 5.57. The first kappa shape index (κ1) is 27.5. The number of rotatable bonds is 7. The van der Waals surface area contributed by atoms with Gasteiger partial charge in [0.2, 0.25) is 0 Å². The number of nitrogens with zero attached hydrogens (tertiary/aromatic N) is 5. The summed E-state index contributed by atoms with van der Waals surface area (Å²) in [6.45, 7) is 2.37. The van der Waals surface area contributed by atoms with Crippen LogP contribution >= 0.6 is 0 Å². The Balaban J connectivity index is 1.21. The van der Waals surface area contributed by atoms with E-state index in [1.54, 1.807) is 25.2 Å². The number of amides is 1. The van der Waals surface area contributed by atoms with E-state index in [4.69, 9.17) is 0 Å². The third kappa shape index (κ3) is 5.09. The molecule has 1 fully saturated rings. The molecule has 2 N–H and O–H groups in total. The van der Waals surface area contributed by atoms with Crippen molar-refractivity contribution in [2.75, 3.05) is 27.2 Å². The Bertz CT molecular complexity index is 1860. The maximum atomic E-state index is 12.3. The van der Waals surface area contributed by atoms with Crippen molar-refractivity contribution in [2.24, 2.45) is 7.05 Å². The quantitative estimate of drug-likeness (QED) is 0.307. The number of nitrogens with one attached hydrogen (secondary N) is 1. The van der Waals surface area contributed by atoms with Gasteiger partial charge in [-0.25, -0.2) is 9.78 Å². The highest BCUT2D eigenvalue weighted by molar-refractivity contribution is 5.96. The topological polar surface area (TPSA) is 116 Å². The van der Waals surface area contributed by atoms with Gasteiger partial charge in [0.25, 0.3) is 5.91 Å². The van der Waals surface area contributed by atoms with Gasteiger partial charge in [-0.3, -0.25) is 19.1 Å². The SMILES string of the molecule is CN(C)C(=O)c1ccc(C2CCN(Cc3cc4c(-c5ccc6[nH]c(=O)n(CC(=O)O)c6c5)ccnc4n3C)CC2)cc1. The molecule has 4 heterocycles. The van der Waals surface area contributed by atoms with E-state index in [0.717, 1.165) is 54.6 Å². The largest absolute Gasteiger partial charge is 0.480 e. The molecule has 0 radical (unpaired) electrons. The average Bonchev–Trinajstić information content (AvgIpc) is 3.47. The van der Waals surface area contributed by atoms with Crippen molar-refractivity contribution in [3.8, 4) is 11.1 Å². The van der Waals surface area contributed by atoms with Crippen LogP contribution in [0.2, 0.25) is 0 Å². The number of aryl methyl sites for hydroxylation is 1. The minimum absolute atomic E-state index is 0.0208. The fourth-order valence-corrected chi connectivity index (χ4v) is 6.10. The Kier molecular flexibility index (Phi) is 7.16. The maximum Gasteiger partial charge on any atom is 0.327 e. The number of H-pyrrole nitrogens is 1. The molecule has 42 heavy (non-hydrogen) atoms. The molecule has 3 aromatic heterocycles. The number of carboxylic acid groups (broad SMARTS) is 1. The summed E-state index contributed by atoms with van der Waals surface area (Å²) in [6.07, 6.45) is 3.91. The second-order valence-corrected chi connectivity index (χ2v) is 11.3. The zero-order valence-electron chi connectivity index (χ0n) is 24.0. The molecule has 1 saturated heterocycles. The van der Waals surface area contributed by atoms with Crippen molar-refractivity contribution in [1.29, 1.82) is 0 Å². The van der Waals surface area contributed by atoms with Gasteiger partial charge in [-0.2, -0.15) is 0 Å². The van der Waals surface area contributed by atoms with E-state index in [1.807, 2.05) is 43.4 Å². The second kappa shape index (κ2) is 10.9. The summed E-state index contributed by atoms with van der Waals surface area (Å²) in [5.41, 5.74) is 6.64. The van der Waals surface area contributed by atoms with Crippen molar-refractivity contribution in [3.63, 3.8) is 0 Å². The Morgan fingerprint density at radius 3 is 2.48 bits per heavy atom. The molecular formula is C32H34N6O4. The van der Waals surface area contributed by atoms with E-state index in [1.165, 1.54) is 15.8 Å². The van der Waals surface area contributed by atoms with E-state index < -0.39 is 18.2 Å². The summed E-state index contributed by atoms with van der Waals surface area (Å²) >= 11 is 0. The summed E-state index contributed by atoms with van der Waals surface area (Å²) in [4.78, 5) is 47.4. The number of benzene rings is 2. The summed E-state index contributed by atoms with van der Waals surface area (Å²) in [5, 5.41) is 10.3.